The van der Waals surface area contributed by atoms with Gasteiger partial charge in [0.25, 0.3) is 0 Å². The largest absolute Gasteiger partial charge is 0.459 e. The third kappa shape index (κ3) is 4.49. The average Bonchev–Trinajstić information content (AvgIpc) is 2.72. The van der Waals surface area contributed by atoms with Gasteiger partial charge in [-0.15, -0.1) is 6.58 Å². The Hall–Kier alpha value is -0.913. The molecule has 2 aliphatic rings. The van der Waals surface area contributed by atoms with E-state index in [1.165, 1.54) is 0 Å². The fourth-order valence-electron chi connectivity index (χ4n) is 6.07. The quantitative estimate of drug-likeness (QED) is 0.295. The molecular weight excluding hydrogens is 392 g/mol. The van der Waals surface area contributed by atoms with E-state index in [4.69, 9.17) is 13.9 Å². The summed E-state index contributed by atoms with van der Waals surface area (Å²) >= 11 is 0. The van der Waals surface area contributed by atoms with E-state index in [1.54, 1.807) is 0 Å². The van der Waals surface area contributed by atoms with Crippen molar-refractivity contribution in [3.63, 3.8) is 0 Å². The number of carbonyl (C=O) groups excluding carboxylic acids is 1. The summed E-state index contributed by atoms with van der Waals surface area (Å²) in [6.07, 6.45) is 4.09. The number of ketones is 1. The summed E-state index contributed by atoms with van der Waals surface area (Å²) in [7, 11) is -1.93. The third-order valence-corrected chi connectivity index (χ3v) is 13.5. The molecule has 2 atom stereocenters. The Kier molecular flexibility index (Phi) is 7.85. The molecule has 4 nitrogen and oxygen atoms in total. The smallest absolute Gasteiger partial charge is 0.205 e. The van der Waals surface area contributed by atoms with Crippen molar-refractivity contribution in [2.45, 2.75) is 104 Å². The van der Waals surface area contributed by atoms with Crippen LogP contribution in [0.5, 0.6) is 0 Å². The van der Waals surface area contributed by atoms with E-state index in [0.717, 1.165) is 18.4 Å². The minimum atomic E-state index is -1.93. The predicted molar refractivity (Wildman–Crippen MR) is 126 cm³/mol. The van der Waals surface area contributed by atoms with Crippen molar-refractivity contribution in [2.75, 3.05) is 13.2 Å². The zero-order valence-electron chi connectivity index (χ0n) is 20.8. The van der Waals surface area contributed by atoms with Gasteiger partial charge in [0.2, 0.25) is 11.6 Å². The molecule has 30 heavy (non-hydrogen) atoms. The third-order valence-electron chi connectivity index (χ3n) is 7.41. The van der Waals surface area contributed by atoms with Crippen molar-refractivity contribution in [3.05, 3.63) is 24.0 Å². The van der Waals surface area contributed by atoms with E-state index in [1.807, 2.05) is 19.9 Å². The molecule has 0 aromatic rings. The van der Waals surface area contributed by atoms with Crippen molar-refractivity contribution in [1.29, 1.82) is 0 Å². The Morgan fingerprint density at radius 3 is 2.20 bits per heavy atom. The van der Waals surface area contributed by atoms with Gasteiger partial charge in [-0.05, 0) is 47.4 Å². The standard InChI is InChI=1S/C25H44O4Si/c1-11-14-25(10)21(13-16-28-30(17(2)3,18(4)5)19(6)7)20-12-15-27-24(8,9)29-22(20)23(25)26/h11,17-19,21H,1,12-16H2,2-10H3/t21-,25+/m1/s1. The highest BCUT2D eigenvalue weighted by molar-refractivity contribution is 6.77. The summed E-state index contributed by atoms with van der Waals surface area (Å²) in [5.41, 5.74) is 2.25. The molecule has 0 bridgehead atoms. The molecule has 1 aliphatic carbocycles. The monoisotopic (exact) mass is 436 g/mol. The summed E-state index contributed by atoms with van der Waals surface area (Å²) in [5, 5.41) is 0. The van der Waals surface area contributed by atoms with Crippen LogP contribution in [-0.4, -0.2) is 33.1 Å². The molecule has 0 fully saturated rings. The zero-order chi connectivity index (χ0) is 22.9. The van der Waals surface area contributed by atoms with Gasteiger partial charge in [0.1, 0.15) is 0 Å². The molecule has 1 aliphatic heterocycles. The van der Waals surface area contributed by atoms with Gasteiger partial charge in [0.05, 0.1) is 6.61 Å². The fraction of sp³-hybridized carbons (Fsp3) is 0.800. The van der Waals surface area contributed by atoms with Crippen LogP contribution in [0.4, 0.5) is 0 Å². The molecule has 0 amide bonds. The van der Waals surface area contributed by atoms with Crippen molar-refractivity contribution < 1.29 is 18.7 Å². The average molecular weight is 437 g/mol. The number of ether oxygens (including phenoxy) is 2. The molecule has 1 heterocycles. The number of hydrogen-bond donors (Lipinski definition) is 0. The van der Waals surface area contributed by atoms with Gasteiger partial charge in [-0.25, -0.2) is 0 Å². The van der Waals surface area contributed by atoms with Crippen LogP contribution in [0.25, 0.3) is 0 Å². The van der Waals surface area contributed by atoms with Crippen LogP contribution < -0.4 is 0 Å². The number of rotatable bonds is 9. The van der Waals surface area contributed by atoms with Crippen molar-refractivity contribution in [2.24, 2.45) is 11.3 Å². The first-order valence-electron chi connectivity index (χ1n) is 11.7. The van der Waals surface area contributed by atoms with Gasteiger partial charge in [-0.3, -0.25) is 4.79 Å². The minimum Gasteiger partial charge on any atom is -0.459 e. The lowest BCUT2D eigenvalue weighted by atomic mass is 9.72. The number of hydrogen-bond acceptors (Lipinski definition) is 4. The first-order chi connectivity index (χ1) is 13.8. The van der Waals surface area contributed by atoms with Crippen LogP contribution in [0.2, 0.25) is 16.6 Å². The van der Waals surface area contributed by atoms with E-state index < -0.39 is 19.5 Å². The first kappa shape index (κ1) is 25.3. The summed E-state index contributed by atoms with van der Waals surface area (Å²) in [4.78, 5) is 13.5. The topological polar surface area (TPSA) is 44.8 Å². The molecule has 0 saturated heterocycles. The second kappa shape index (κ2) is 9.29. The van der Waals surface area contributed by atoms with Crippen LogP contribution in [0.1, 0.15) is 81.6 Å². The summed E-state index contributed by atoms with van der Waals surface area (Å²) in [5.74, 6) is -0.0379. The second-order valence-corrected chi connectivity index (χ2v) is 16.2. The van der Waals surface area contributed by atoms with Crippen LogP contribution in [0, 0.1) is 11.3 Å². The Bertz CT molecular complexity index is 655. The molecular formula is C25H44O4Si. The highest BCUT2D eigenvalue weighted by Crippen LogP contribution is 2.52. The fourth-order valence-corrected chi connectivity index (χ4v) is 11.5. The van der Waals surface area contributed by atoms with E-state index >= 15 is 0 Å². The Balaban J connectivity index is 2.31. The van der Waals surface area contributed by atoms with E-state index in [0.29, 0.717) is 42.0 Å². The highest BCUT2D eigenvalue weighted by atomic mass is 28.4. The maximum absolute atomic E-state index is 13.5. The van der Waals surface area contributed by atoms with E-state index in [9.17, 15) is 4.79 Å². The predicted octanol–water partition coefficient (Wildman–Crippen LogP) is 6.78. The Morgan fingerprint density at radius 1 is 1.13 bits per heavy atom. The lowest BCUT2D eigenvalue weighted by Gasteiger charge is -2.43. The Morgan fingerprint density at radius 2 is 1.70 bits per heavy atom. The molecule has 0 aromatic carbocycles. The lowest BCUT2D eigenvalue weighted by Crippen LogP contribution is -2.48. The molecule has 0 saturated carbocycles. The second-order valence-electron chi connectivity index (χ2n) is 10.7. The maximum Gasteiger partial charge on any atom is 0.205 e. The van der Waals surface area contributed by atoms with Crippen LogP contribution in [0.15, 0.2) is 24.0 Å². The first-order valence-corrected chi connectivity index (χ1v) is 13.8. The zero-order valence-corrected chi connectivity index (χ0v) is 21.8. The van der Waals surface area contributed by atoms with Crippen molar-refractivity contribution in [3.8, 4) is 0 Å². The molecule has 0 unspecified atom stereocenters. The van der Waals surface area contributed by atoms with Gasteiger partial charge >= 0.3 is 0 Å². The summed E-state index contributed by atoms with van der Waals surface area (Å²) in [6.45, 7) is 24.9. The van der Waals surface area contributed by atoms with Gasteiger partial charge in [-0.2, -0.15) is 0 Å². The van der Waals surface area contributed by atoms with E-state index in [-0.39, 0.29) is 11.7 Å². The van der Waals surface area contributed by atoms with Crippen LogP contribution in [0.3, 0.4) is 0 Å². The summed E-state index contributed by atoms with van der Waals surface area (Å²) in [6, 6.07) is 0. The molecule has 5 heteroatoms. The number of allylic oxidation sites excluding steroid dienone is 2. The van der Waals surface area contributed by atoms with Gasteiger partial charge in [0, 0.05) is 25.9 Å². The minimum absolute atomic E-state index is 0.0982. The molecule has 0 aromatic heterocycles. The molecule has 172 valence electrons. The van der Waals surface area contributed by atoms with Gasteiger partial charge < -0.3 is 13.9 Å². The van der Waals surface area contributed by atoms with Crippen molar-refractivity contribution >= 4 is 14.1 Å². The number of carbonyl (C=O) groups is 1. The molecule has 2 rings (SSSR count). The maximum atomic E-state index is 13.5. The van der Waals surface area contributed by atoms with Gasteiger partial charge in [0.15, 0.2) is 14.1 Å². The normalized spacial score (nSPS) is 26.9. The Labute approximate surface area is 185 Å². The van der Waals surface area contributed by atoms with Crippen LogP contribution in [-0.2, 0) is 18.7 Å². The molecule has 0 spiro atoms. The van der Waals surface area contributed by atoms with Crippen molar-refractivity contribution in [1.82, 2.24) is 0 Å². The van der Waals surface area contributed by atoms with E-state index in [2.05, 4.69) is 55.0 Å². The lowest BCUT2D eigenvalue weighted by molar-refractivity contribution is -0.188. The molecule has 0 radical (unpaired) electrons. The molecule has 0 N–H and O–H groups in total. The SMILES string of the molecule is C=CC[C@]1(C)C(=O)C2=C(CCOC(C)(C)O2)[C@H]1CCO[Si](C(C)C)(C(C)C)C(C)C. The summed E-state index contributed by atoms with van der Waals surface area (Å²) < 4.78 is 18.8. The highest BCUT2D eigenvalue weighted by Gasteiger charge is 2.53. The number of Topliss-reactive ketones (excluding diaryl/α,β-unsaturated/α-hetero) is 1. The van der Waals surface area contributed by atoms with Gasteiger partial charge in [-0.1, -0.05) is 54.5 Å². The van der Waals surface area contributed by atoms with Crippen LogP contribution >= 0.6 is 0 Å².